The molecule has 0 aliphatic rings. The zero-order valence-electron chi connectivity index (χ0n) is 9.99. The first kappa shape index (κ1) is 13.0. The van der Waals surface area contributed by atoms with Gasteiger partial charge in [0.2, 0.25) is 5.43 Å². The number of fused-ring (bicyclic) bond motifs is 1. The molecule has 0 saturated heterocycles. The molecule has 0 amide bonds. The summed E-state index contributed by atoms with van der Waals surface area (Å²) in [5.74, 6) is 3.12. The first-order chi connectivity index (χ1) is 8.43. The van der Waals surface area contributed by atoms with E-state index in [1.165, 1.54) is 6.26 Å². The third kappa shape index (κ3) is 2.51. The van der Waals surface area contributed by atoms with Gasteiger partial charge in [0.25, 0.3) is 0 Å². The molecular formula is C14H11IO3. The molecule has 0 atom stereocenters. The van der Waals surface area contributed by atoms with Gasteiger partial charge in [-0.05, 0) is 48.6 Å². The molecule has 1 heterocycles. The summed E-state index contributed by atoms with van der Waals surface area (Å²) in [6.07, 6.45) is 6.79. The molecule has 2 aromatic rings. The fourth-order valence-corrected chi connectivity index (χ4v) is 1.89. The highest BCUT2D eigenvalue weighted by atomic mass is 127. The van der Waals surface area contributed by atoms with Crippen molar-refractivity contribution in [3.63, 3.8) is 0 Å². The summed E-state index contributed by atoms with van der Waals surface area (Å²) in [4.78, 5) is 11.8. The van der Waals surface area contributed by atoms with Gasteiger partial charge in [0.1, 0.15) is 17.6 Å². The number of halogens is 1. The van der Waals surface area contributed by atoms with Gasteiger partial charge in [-0.2, -0.15) is 0 Å². The van der Waals surface area contributed by atoms with E-state index < -0.39 is 5.60 Å². The first-order valence-electron chi connectivity index (χ1n) is 5.31. The van der Waals surface area contributed by atoms with E-state index in [1.54, 1.807) is 32.0 Å². The minimum absolute atomic E-state index is 0.0420. The zero-order valence-corrected chi connectivity index (χ0v) is 12.1. The minimum atomic E-state index is -0.697. The smallest absolute Gasteiger partial charge is 0.205 e. The van der Waals surface area contributed by atoms with Crippen molar-refractivity contribution in [2.45, 2.75) is 19.4 Å². The lowest BCUT2D eigenvalue weighted by molar-refractivity contribution is 0.172. The highest BCUT2D eigenvalue weighted by Gasteiger charge is 2.16. The first-order valence-corrected chi connectivity index (χ1v) is 6.39. The normalized spacial score (nSPS) is 11.2. The van der Waals surface area contributed by atoms with Crippen LogP contribution in [-0.4, -0.2) is 5.60 Å². The molecular weight excluding hydrogens is 343 g/mol. The van der Waals surface area contributed by atoms with E-state index in [2.05, 4.69) is 5.92 Å². The van der Waals surface area contributed by atoms with Crippen LogP contribution >= 0.6 is 22.6 Å². The predicted molar refractivity (Wildman–Crippen MR) is 78.7 cm³/mol. The summed E-state index contributed by atoms with van der Waals surface area (Å²) in [6.45, 7) is 3.59. The summed E-state index contributed by atoms with van der Waals surface area (Å²) >= 11 is 1.95. The molecule has 0 bridgehead atoms. The van der Waals surface area contributed by atoms with Crippen molar-refractivity contribution in [1.82, 2.24) is 0 Å². The van der Waals surface area contributed by atoms with Crippen molar-refractivity contribution in [1.29, 1.82) is 0 Å². The summed E-state index contributed by atoms with van der Waals surface area (Å²) in [5.41, 5.74) is -0.248. The maximum atomic E-state index is 11.8. The number of ether oxygens (including phenoxy) is 1. The van der Waals surface area contributed by atoms with E-state index in [0.29, 0.717) is 20.3 Å². The molecule has 0 aliphatic heterocycles. The number of rotatable bonds is 2. The van der Waals surface area contributed by atoms with Gasteiger partial charge in [-0.25, -0.2) is 0 Å². The van der Waals surface area contributed by atoms with Crippen LogP contribution in [0, 0.1) is 15.9 Å². The van der Waals surface area contributed by atoms with Crippen molar-refractivity contribution in [3.8, 4) is 18.1 Å². The monoisotopic (exact) mass is 354 g/mol. The van der Waals surface area contributed by atoms with Crippen LogP contribution in [0.5, 0.6) is 5.75 Å². The number of terminal acetylenes is 1. The molecule has 0 radical (unpaired) electrons. The summed E-state index contributed by atoms with van der Waals surface area (Å²) in [6, 6.07) is 5.07. The van der Waals surface area contributed by atoms with Gasteiger partial charge in [0.15, 0.2) is 5.60 Å². The molecule has 0 unspecified atom stereocenters. The van der Waals surface area contributed by atoms with E-state index in [9.17, 15) is 4.79 Å². The second-order valence-electron chi connectivity index (χ2n) is 4.33. The Bertz CT molecular complexity index is 692. The molecule has 4 heteroatoms. The third-order valence-electron chi connectivity index (χ3n) is 2.42. The van der Waals surface area contributed by atoms with Crippen LogP contribution in [0.1, 0.15) is 13.8 Å². The van der Waals surface area contributed by atoms with Gasteiger partial charge in [-0.1, -0.05) is 5.92 Å². The van der Waals surface area contributed by atoms with E-state index in [1.807, 2.05) is 22.6 Å². The van der Waals surface area contributed by atoms with E-state index in [4.69, 9.17) is 15.6 Å². The summed E-state index contributed by atoms with van der Waals surface area (Å²) < 4.78 is 11.6. The Labute approximate surface area is 118 Å². The largest absolute Gasteiger partial charge is 0.475 e. The molecule has 18 heavy (non-hydrogen) atoms. The molecule has 0 spiro atoms. The Morgan fingerprint density at radius 2 is 2.17 bits per heavy atom. The summed E-state index contributed by atoms with van der Waals surface area (Å²) in [5, 5.41) is 0.535. The quantitative estimate of drug-likeness (QED) is 0.614. The second kappa shape index (κ2) is 4.65. The van der Waals surface area contributed by atoms with Crippen LogP contribution in [0.15, 0.2) is 33.7 Å². The molecule has 92 valence electrons. The maximum absolute atomic E-state index is 11.8. The highest BCUT2D eigenvalue weighted by Crippen LogP contribution is 2.23. The highest BCUT2D eigenvalue weighted by molar-refractivity contribution is 14.1. The van der Waals surface area contributed by atoms with E-state index in [-0.39, 0.29) is 5.43 Å². The average molecular weight is 354 g/mol. The Kier molecular flexibility index (Phi) is 3.35. The van der Waals surface area contributed by atoms with Crippen molar-refractivity contribution in [2.75, 3.05) is 0 Å². The Balaban J connectivity index is 2.50. The Morgan fingerprint density at radius 1 is 1.44 bits per heavy atom. The molecule has 0 N–H and O–H groups in total. The van der Waals surface area contributed by atoms with E-state index in [0.717, 1.165) is 0 Å². The fraction of sp³-hybridized carbons (Fsp3) is 0.214. The van der Waals surface area contributed by atoms with Crippen LogP contribution in [-0.2, 0) is 0 Å². The predicted octanol–water partition coefficient (Wildman–Crippen LogP) is 3.19. The van der Waals surface area contributed by atoms with Gasteiger partial charge in [-0.3, -0.25) is 4.79 Å². The second-order valence-corrected chi connectivity index (χ2v) is 5.49. The Hall–Kier alpha value is -1.48. The lowest BCUT2D eigenvalue weighted by Gasteiger charge is -2.20. The standard InChI is InChI=1S/C14H11IO3/c1-4-14(2,3)18-9-5-6-10-12(7-9)17-8-11(15)13(10)16/h1,5-8H,2-3H3. The van der Waals surface area contributed by atoms with Crippen LogP contribution in [0.4, 0.5) is 0 Å². The number of hydrogen-bond donors (Lipinski definition) is 0. The molecule has 1 aromatic heterocycles. The van der Waals surface area contributed by atoms with Crippen molar-refractivity contribution in [3.05, 3.63) is 38.3 Å². The van der Waals surface area contributed by atoms with Crippen LogP contribution in [0.25, 0.3) is 11.0 Å². The van der Waals surface area contributed by atoms with Crippen LogP contribution in [0.3, 0.4) is 0 Å². The SMILES string of the molecule is C#CC(C)(C)Oc1ccc2c(=O)c(I)coc2c1. The van der Waals surface area contributed by atoms with Crippen molar-refractivity contribution < 1.29 is 9.15 Å². The third-order valence-corrected chi connectivity index (χ3v) is 3.17. The van der Waals surface area contributed by atoms with Crippen LogP contribution in [0.2, 0.25) is 0 Å². The molecule has 2 rings (SSSR count). The number of hydrogen-bond acceptors (Lipinski definition) is 3. The molecule has 3 nitrogen and oxygen atoms in total. The van der Waals surface area contributed by atoms with Gasteiger partial charge >= 0.3 is 0 Å². The Morgan fingerprint density at radius 3 is 2.83 bits per heavy atom. The van der Waals surface area contributed by atoms with Crippen molar-refractivity contribution in [2.24, 2.45) is 0 Å². The topological polar surface area (TPSA) is 39.4 Å². The lowest BCUT2D eigenvalue weighted by atomic mass is 10.1. The minimum Gasteiger partial charge on any atom is -0.475 e. The van der Waals surface area contributed by atoms with Gasteiger partial charge in [-0.15, -0.1) is 6.42 Å². The maximum Gasteiger partial charge on any atom is 0.205 e. The summed E-state index contributed by atoms with van der Waals surface area (Å²) in [7, 11) is 0. The van der Waals surface area contributed by atoms with Gasteiger partial charge in [0.05, 0.1) is 8.96 Å². The van der Waals surface area contributed by atoms with Crippen LogP contribution < -0.4 is 10.2 Å². The molecule has 0 fully saturated rings. The van der Waals surface area contributed by atoms with Gasteiger partial charge in [0, 0.05) is 6.07 Å². The number of benzene rings is 1. The average Bonchev–Trinajstić information content (AvgIpc) is 2.34. The fourth-order valence-electron chi connectivity index (χ4n) is 1.47. The molecule has 0 aliphatic carbocycles. The zero-order chi connectivity index (χ0) is 13.3. The molecule has 0 saturated carbocycles. The lowest BCUT2D eigenvalue weighted by Crippen LogP contribution is -2.25. The van der Waals surface area contributed by atoms with Crippen molar-refractivity contribution >= 4 is 33.6 Å². The van der Waals surface area contributed by atoms with Gasteiger partial charge < -0.3 is 9.15 Å². The molecule has 1 aromatic carbocycles. The van der Waals surface area contributed by atoms with E-state index >= 15 is 0 Å².